The molecule has 0 aliphatic rings. The van der Waals surface area contributed by atoms with E-state index in [1.54, 1.807) is 0 Å². The number of anilines is 1. The third-order valence-corrected chi connectivity index (χ3v) is 3.70. The van der Waals surface area contributed by atoms with Crippen LogP contribution in [0.4, 0.5) is 5.69 Å². The first-order valence-electron chi connectivity index (χ1n) is 6.43. The van der Waals surface area contributed by atoms with Crippen molar-refractivity contribution in [3.63, 3.8) is 0 Å². The van der Waals surface area contributed by atoms with Crippen LogP contribution in [0.1, 0.15) is 45.4 Å². The molecule has 96 valence electrons. The number of unbranched alkanes of at least 4 members (excludes halogenated alkanes) is 5. The first-order valence-corrected chi connectivity index (χ1v) is 7.60. The van der Waals surface area contributed by atoms with Gasteiger partial charge in [-0.3, -0.25) is 0 Å². The van der Waals surface area contributed by atoms with E-state index in [1.807, 2.05) is 18.2 Å². The molecule has 0 amide bonds. The van der Waals surface area contributed by atoms with Crippen LogP contribution in [-0.2, 0) is 0 Å². The first kappa shape index (κ1) is 14.8. The average Bonchev–Trinajstić information content (AvgIpc) is 2.32. The van der Waals surface area contributed by atoms with E-state index in [1.165, 1.54) is 38.5 Å². The molecule has 3 heteroatoms. The van der Waals surface area contributed by atoms with Crippen molar-refractivity contribution in [3.05, 3.63) is 27.7 Å². The maximum absolute atomic E-state index is 5.95. The summed E-state index contributed by atoms with van der Waals surface area (Å²) in [6, 6.07) is 5.83. The van der Waals surface area contributed by atoms with Gasteiger partial charge in [0, 0.05) is 21.7 Å². The van der Waals surface area contributed by atoms with Crippen molar-refractivity contribution in [1.29, 1.82) is 0 Å². The first-order chi connectivity index (χ1) is 8.24. The number of nitrogens with one attached hydrogen (secondary N) is 1. The summed E-state index contributed by atoms with van der Waals surface area (Å²) < 4.78 is 1.08. The maximum Gasteiger partial charge on any atom is 0.0499 e. The minimum atomic E-state index is 0.777. The smallest absolute Gasteiger partial charge is 0.0499 e. The van der Waals surface area contributed by atoms with Gasteiger partial charge in [-0.1, -0.05) is 50.6 Å². The molecule has 0 aliphatic carbocycles. The topological polar surface area (TPSA) is 12.0 Å². The minimum Gasteiger partial charge on any atom is -0.384 e. The molecule has 1 rings (SSSR count). The number of rotatable bonds is 8. The lowest BCUT2D eigenvalue weighted by molar-refractivity contribution is 0.617. The molecule has 0 fully saturated rings. The van der Waals surface area contributed by atoms with Crippen LogP contribution in [0.3, 0.4) is 0 Å². The minimum absolute atomic E-state index is 0.777. The largest absolute Gasteiger partial charge is 0.384 e. The fourth-order valence-corrected chi connectivity index (χ4v) is 2.32. The predicted molar refractivity (Wildman–Crippen MR) is 81.0 cm³/mol. The van der Waals surface area contributed by atoms with Gasteiger partial charge < -0.3 is 5.32 Å². The van der Waals surface area contributed by atoms with Gasteiger partial charge in [-0.25, -0.2) is 0 Å². The Morgan fingerprint density at radius 2 is 1.82 bits per heavy atom. The fraction of sp³-hybridized carbons (Fsp3) is 0.571. The Morgan fingerprint density at radius 1 is 1.12 bits per heavy atom. The van der Waals surface area contributed by atoms with Crippen molar-refractivity contribution in [1.82, 2.24) is 0 Å². The summed E-state index contributed by atoms with van der Waals surface area (Å²) in [5.41, 5.74) is 1.09. The second-order valence-electron chi connectivity index (χ2n) is 4.32. The molecule has 0 bridgehead atoms. The Hall–Kier alpha value is -0.210. The Bertz CT molecular complexity index is 328. The standard InChI is InChI=1S/C14H21BrClN/c1-2-3-4-5-6-7-10-17-14-11-12(16)8-9-13(14)15/h8-9,11,17H,2-7,10H2,1H3. The van der Waals surface area contributed by atoms with E-state index >= 15 is 0 Å². The SMILES string of the molecule is CCCCCCCCNc1cc(Cl)ccc1Br. The third-order valence-electron chi connectivity index (χ3n) is 2.77. The Morgan fingerprint density at radius 3 is 2.59 bits per heavy atom. The van der Waals surface area contributed by atoms with Gasteiger partial charge in [0.05, 0.1) is 0 Å². The van der Waals surface area contributed by atoms with E-state index in [9.17, 15) is 0 Å². The molecule has 17 heavy (non-hydrogen) atoms. The Balaban J connectivity index is 2.15. The Kier molecular flexibility index (Phi) is 7.70. The van der Waals surface area contributed by atoms with Crippen LogP contribution in [0.2, 0.25) is 5.02 Å². The number of hydrogen-bond donors (Lipinski definition) is 1. The zero-order chi connectivity index (χ0) is 12.5. The van der Waals surface area contributed by atoms with Gasteiger partial charge in [0.1, 0.15) is 0 Å². The summed E-state index contributed by atoms with van der Waals surface area (Å²) in [4.78, 5) is 0. The molecule has 0 heterocycles. The van der Waals surface area contributed by atoms with Crippen LogP contribution in [0.25, 0.3) is 0 Å². The molecule has 0 unspecified atom stereocenters. The van der Waals surface area contributed by atoms with E-state index < -0.39 is 0 Å². The highest BCUT2D eigenvalue weighted by Gasteiger charge is 1.99. The van der Waals surface area contributed by atoms with Crippen LogP contribution in [0.15, 0.2) is 22.7 Å². The molecular weight excluding hydrogens is 298 g/mol. The van der Waals surface area contributed by atoms with Crippen LogP contribution in [-0.4, -0.2) is 6.54 Å². The monoisotopic (exact) mass is 317 g/mol. The van der Waals surface area contributed by atoms with Crippen molar-refractivity contribution >= 4 is 33.2 Å². The molecule has 1 nitrogen and oxygen atoms in total. The van der Waals surface area contributed by atoms with Crippen molar-refractivity contribution in [3.8, 4) is 0 Å². The molecule has 0 atom stereocenters. The summed E-state index contributed by atoms with van der Waals surface area (Å²) in [5.74, 6) is 0. The fourth-order valence-electron chi connectivity index (χ4n) is 1.76. The summed E-state index contributed by atoms with van der Waals surface area (Å²) in [6.07, 6.45) is 7.94. The average molecular weight is 319 g/mol. The highest BCUT2D eigenvalue weighted by atomic mass is 79.9. The molecule has 1 aromatic carbocycles. The van der Waals surface area contributed by atoms with Gasteiger partial charge >= 0.3 is 0 Å². The normalized spacial score (nSPS) is 10.5. The van der Waals surface area contributed by atoms with Gasteiger partial charge in [-0.15, -0.1) is 0 Å². The van der Waals surface area contributed by atoms with Gasteiger partial charge in [0.25, 0.3) is 0 Å². The van der Waals surface area contributed by atoms with Crippen LogP contribution in [0, 0.1) is 0 Å². The van der Waals surface area contributed by atoms with E-state index in [-0.39, 0.29) is 0 Å². The van der Waals surface area contributed by atoms with Gasteiger partial charge in [0.2, 0.25) is 0 Å². The molecule has 1 N–H and O–H groups in total. The van der Waals surface area contributed by atoms with E-state index in [4.69, 9.17) is 11.6 Å². The summed E-state index contributed by atoms with van der Waals surface area (Å²) in [5, 5.41) is 4.19. The van der Waals surface area contributed by atoms with Crippen LogP contribution >= 0.6 is 27.5 Å². The second kappa shape index (κ2) is 8.82. The van der Waals surface area contributed by atoms with Crippen molar-refractivity contribution in [2.75, 3.05) is 11.9 Å². The molecule has 0 aliphatic heterocycles. The highest BCUT2D eigenvalue weighted by Crippen LogP contribution is 2.25. The van der Waals surface area contributed by atoms with Gasteiger partial charge in [-0.2, -0.15) is 0 Å². The van der Waals surface area contributed by atoms with Crippen molar-refractivity contribution in [2.24, 2.45) is 0 Å². The zero-order valence-electron chi connectivity index (χ0n) is 10.4. The number of halogens is 2. The van der Waals surface area contributed by atoms with E-state index in [0.29, 0.717) is 0 Å². The van der Waals surface area contributed by atoms with E-state index in [0.717, 1.165) is 21.7 Å². The van der Waals surface area contributed by atoms with Crippen molar-refractivity contribution < 1.29 is 0 Å². The van der Waals surface area contributed by atoms with Crippen molar-refractivity contribution in [2.45, 2.75) is 45.4 Å². The predicted octanol–water partition coefficient (Wildman–Crippen LogP) is 5.87. The lowest BCUT2D eigenvalue weighted by atomic mass is 10.1. The second-order valence-corrected chi connectivity index (χ2v) is 5.61. The molecule has 0 aromatic heterocycles. The number of benzene rings is 1. The summed E-state index contributed by atoms with van der Waals surface area (Å²) in [7, 11) is 0. The lowest BCUT2D eigenvalue weighted by Crippen LogP contribution is -2.01. The number of hydrogen-bond acceptors (Lipinski definition) is 1. The molecule has 0 spiro atoms. The zero-order valence-corrected chi connectivity index (χ0v) is 12.8. The Labute approximate surface area is 118 Å². The third kappa shape index (κ3) is 6.32. The highest BCUT2D eigenvalue weighted by molar-refractivity contribution is 9.10. The van der Waals surface area contributed by atoms with Gasteiger partial charge in [-0.05, 0) is 40.5 Å². The molecule has 0 saturated heterocycles. The van der Waals surface area contributed by atoms with E-state index in [2.05, 4.69) is 28.2 Å². The van der Waals surface area contributed by atoms with Gasteiger partial charge in [0.15, 0.2) is 0 Å². The molecule has 1 aromatic rings. The quantitative estimate of drug-likeness (QED) is 0.591. The molecular formula is C14H21BrClN. The maximum atomic E-state index is 5.95. The summed E-state index contributed by atoms with van der Waals surface area (Å²) >= 11 is 9.47. The van der Waals surface area contributed by atoms with Crippen LogP contribution in [0.5, 0.6) is 0 Å². The lowest BCUT2D eigenvalue weighted by Gasteiger charge is -2.08. The summed E-state index contributed by atoms with van der Waals surface area (Å²) in [6.45, 7) is 3.27. The van der Waals surface area contributed by atoms with Crippen LogP contribution < -0.4 is 5.32 Å². The molecule has 0 saturated carbocycles. The molecule has 0 radical (unpaired) electrons.